The van der Waals surface area contributed by atoms with Crippen LogP contribution in [0.5, 0.6) is 0 Å². The van der Waals surface area contributed by atoms with Crippen LogP contribution in [0.4, 0.5) is 20.4 Å². The van der Waals surface area contributed by atoms with Gasteiger partial charge in [0, 0.05) is 23.4 Å². The molecule has 2 aromatic carbocycles. The van der Waals surface area contributed by atoms with Crippen molar-refractivity contribution in [3.05, 3.63) is 86.5 Å². The van der Waals surface area contributed by atoms with Gasteiger partial charge in [0.15, 0.2) is 0 Å². The number of allylic oxidation sites excluding steroid dienone is 1. The number of hydrogen-bond donors (Lipinski definition) is 1. The van der Waals surface area contributed by atoms with E-state index in [0.717, 1.165) is 5.56 Å². The monoisotopic (exact) mass is 493 g/mol. The molecule has 2 heterocycles. The Morgan fingerprint density at radius 1 is 1.25 bits per heavy atom. The molecule has 0 aliphatic carbocycles. The molecule has 36 heavy (non-hydrogen) atoms. The van der Waals surface area contributed by atoms with Crippen molar-refractivity contribution in [1.29, 1.82) is 5.26 Å². The van der Waals surface area contributed by atoms with Crippen molar-refractivity contribution >= 4 is 17.6 Å². The molecule has 4 rings (SSSR count). The van der Waals surface area contributed by atoms with Crippen LogP contribution in [0.25, 0.3) is 0 Å². The predicted molar refractivity (Wildman–Crippen MR) is 129 cm³/mol. The molecule has 0 bridgehead atoms. The molecule has 0 amide bonds. The second kappa shape index (κ2) is 9.41. The normalized spacial score (nSPS) is 15.5. The molecule has 10 heteroatoms. The van der Waals surface area contributed by atoms with E-state index < -0.39 is 23.6 Å². The summed E-state index contributed by atoms with van der Waals surface area (Å²) in [4.78, 5) is 27.7. The highest BCUT2D eigenvalue weighted by molar-refractivity contribution is 5.93. The lowest BCUT2D eigenvalue weighted by Crippen LogP contribution is -2.38. The number of hydrogen-bond acceptors (Lipinski definition) is 6. The molecular weight excluding hydrogens is 468 g/mol. The number of anilines is 2. The number of carbonyl (C=O) groups excluding carboxylic acids is 1. The summed E-state index contributed by atoms with van der Waals surface area (Å²) in [5.74, 6) is -3.60. The third-order valence-corrected chi connectivity index (χ3v) is 6.47. The molecule has 0 fully saturated rings. The average Bonchev–Trinajstić information content (AvgIpc) is 3.27. The fourth-order valence-electron chi connectivity index (χ4n) is 4.58. The first kappa shape index (κ1) is 24.9. The maximum absolute atomic E-state index is 14.5. The SMILES string of the molecule is CCc1cc(C#N)ccc1[C@@H]1C(C(=O)OC)=C(C)N(c2cccc(C(F)(F)CC)c2)c2n[nH]c(=O)n21. The molecule has 1 N–H and O–H groups in total. The summed E-state index contributed by atoms with van der Waals surface area (Å²) in [6.45, 7) is 4.96. The Morgan fingerprint density at radius 2 is 2.00 bits per heavy atom. The Bertz CT molecular complexity index is 1460. The van der Waals surface area contributed by atoms with Crippen molar-refractivity contribution in [2.24, 2.45) is 0 Å². The van der Waals surface area contributed by atoms with Gasteiger partial charge < -0.3 is 4.74 Å². The number of aryl methyl sites for hydroxylation is 1. The molecule has 0 saturated carbocycles. The zero-order valence-corrected chi connectivity index (χ0v) is 20.3. The number of alkyl halides is 2. The Hall–Kier alpha value is -4.26. The first-order valence-corrected chi connectivity index (χ1v) is 11.5. The number of benzene rings is 2. The van der Waals surface area contributed by atoms with Crippen molar-refractivity contribution in [3.8, 4) is 6.07 Å². The van der Waals surface area contributed by atoms with E-state index in [9.17, 15) is 23.6 Å². The lowest BCUT2D eigenvalue weighted by Gasteiger charge is -2.36. The number of methoxy groups -OCH3 is 1. The van der Waals surface area contributed by atoms with Crippen LogP contribution >= 0.6 is 0 Å². The highest BCUT2D eigenvalue weighted by atomic mass is 19.3. The van der Waals surface area contributed by atoms with Gasteiger partial charge in [-0.15, -0.1) is 5.10 Å². The molecule has 0 radical (unpaired) electrons. The summed E-state index contributed by atoms with van der Waals surface area (Å²) >= 11 is 0. The van der Waals surface area contributed by atoms with E-state index in [0.29, 0.717) is 28.9 Å². The summed E-state index contributed by atoms with van der Waals surface area (Å²) in [5, 5.41) is 16.0. The molecule has 1 aromatic heterocycles. The molecule has 0 saturated heterocycles. The molecule has 0 spiro atoms. The molecule has 1 aliphatic rings. The van der Waals surface area contributed by atoms with Gasteiger partial charge in [0.05, 0.1) is 24.3 Å². The lowest BCUT2D eigenvalue weighted by molar-refractivity contribution is -0.136. The number of aromatic nitrogens is 3. The van der Waals surface area contributed by atoms with Gasteiger partial charge in [0.2, 0.25) is 5.95 Å². The number of fused-ring (bicyclic) bond motifs is 1. The topological polar surface area (TPSA) is 104 Å². The maximum atomic E-state index is 14.5. The minimum Gasteiger partial charge on any atom is -0.466 e. The van der Waals surface area contributed by atoms with E-state index in [1.54, 1.807) is 31.2 Å². The predicted octanol–water partition coefficient (Wildman–Crippen LogP) is 4.70. The van der Waals surface area contributed by atoms with E-state index in [-0.39, 0.29) is 23.5 Å². The summed E-state index contributed by atoms with van der Waals surface area (Å²) in [6.07, 6.45) is 0.154. The van der Waals surface area contributed by atoms with Gasteiger partial charge in [-0.1, -0.05) is 32.0 Å². The minimum absolute atomic E-state index is 0.138. The molecule has 0 unspecified atom stereocenters. The zero-order valence-electron chi connectivity index (χ0n) is 20.3. The second-order valence-electron chi connectivity index (χ2n) is 8.41. The van der Waals surface area contributed by atoms with Crippen molar-refractivity contribution in [3.63, 3.8) is 0 Å². The third kappa shape index (κ3) is 3.96. The first-order valence-electron chi connectivity index (χ1n) is 11.5. The maximum Gasteiger partial charge on any atom is 0.345 e. The standard InChI is InChI=1S/C26H25F2N5O3/c1-5-17-12-16(14-29)10-11-20(17)22-21(23(34)36-4)15(3)32(24-30-31-25(35)33(22)24)19-9-7-8-18(13-19)26(27,28)6-2/h7-13,22H,5-6H2,1-4H3,(H,31,35)/t22-/m1/s1. The number of nitrogens with zero attached hydrogens (tertiary/aromatic N) is 4. The van der Waals surface area contributed by atoms with E-state index in [4.69, 9.17) is 4.74 Å². The summed E-state index contributed by atoms with van der Waals surface area (Å²) in [5.41, 5.74) is 1.91. The van der Waals surface area contributed by atoms with Gasteiger partial charge in [-0.2, -0.15) is 5.26 Å². The lowest BCUT2D eigenvalue weighted by atomic mass is 9.89. The Kier molecular flexibility index (Phi) is 6.50. The fraction of sp³-hybridized carbons (Fsp3) is 0.308. The van der Waals surface area contributed by atoms with E-state index in [2.05, 4.69) is 16.3 Å². The number of esters is 1. The van der Waals surface area contributed by atoms with Crippen molar-refractivity contribution in [1.82, 2.24) is 14.8 Å². The summed E-state index contributed by atoms with van der Waals surface area (Å²) in [6, 6.07) is 12.0. The Balaban J connectivity index is 2.02. The van der Waals surface area contributed by atoms with Crippen molar-refractivity contribution < 1.29 is 18.3 Å². The first-order chi connectivity index (χ1) is 17.2. The van der Waals surface area contributed by atoms with E-state index >= 15 is 0 Å². The molecular formula is C26H25F2N5O3. The van der Waals surface area contributed by atoms with Crippen LogP contribution < -0.4 is 10.6 Å². The van der Waals surface area contributed by atoms with Gasteiger partial charge in [-0.3, -0.25) is 4.90 Å². The summed E-state index contributed by atoms with van der Waals surface area (Å²) in [7, 11) is 1.24. The van der Waals surface area contributed by atoms with Crippen molar-refractivity contribution in [2.45, 2.75) is 45.6 Å². The van der Waals surface area contributed by atoms with Crippen LogP contribution in [0.3, 0.4) is 0 Å². The van der Waals surface area contributed by atoms with Crippen LogP contribution in [0.2, 0.25) is 0 Å². The zero-order chi connectivity index (χ0) is 26.2. The van der Waals surface area contributed by atoms with Crippen molar-refractivity contribution in [2.75, 3.05) is 12.0 Å². The van der Waals surface area contributed by atoms with Crippen LogP contribution in [0.1, 0.15) is 55.5 Å². The molecule has 8 nitrogen and oxygen atoms in total. The number of H-pyrrole nitrogens is 1. The molecule has 3 aromatic rings. The largest absolute Gasteiger partial charge is 0.466 e. The Morgan fingerprint density at radius 3 is 2.64 bits per heavy atom. The van der Waals surface area contributed by atoms with Crippen LogP contribution in [0, 0.1) is 11.3 Å². The number of rotatable bonds is 6. The third-order valence-electron chi connectivity index (χ3n) is 6.47. The number of halogens is 2. The van der Waals surface area contributed by atoms with Crippen LogP contribution in [-0.4, -0.2) is 27.8 Å². The second-order valence-corrected chi connectivity index (χ2v) is 8.41. The molecule has 186 valence electrons. The van der Waals surface area contributed by atoms with Gasteiger partial charge in [0.25, 0.3) is 5.92 Å². The highest BCUT2D eigenvalue weighted by Gasteiger charge is 2.40. The molecule has 1 atom stereocenters. The minimum atomic E-state index is -3.05. The van der Waals surface area contributed by atoms with Gasteiger partial charge >= 0.3 is 11.7 Å². The average molecular weight is 494 g/mol. The number of ether oxygens (including phenoxy) is 1. The van der Waals surface area contributed by atoms with Gasteiger partial charge in [-0.25, -0.2) is 28.0 Å². The number of nitrogens with one attached hydrogen (secondary N) is 1. The summed E-state index contributed by atoms with van der Waals surface area (Å²) < 4.78 is 35.4. The number of carbonyl (C=O) groups is 1. The van der Waals surface area contributed by atoms with E-state index in [1.807, 2.05) is 6.92 Å². The van der Waals surface area contributed by atoms with Crippen LogP contribution in [0.15, 0.2) is 58.5 Å². The highest BCUT2D eigenvalue weighted by Crippen LogP contribution is 2.43. The quantitative estimate of drug-likeness (QED) is 0.500. The smallest absolute Gasteiger partial charge is 0.345 e. The molecule has 1 aliphatic heterocycles. The number of aromatic amines is 1. The van der Waals surface area contributed by atoms with Gasteiger partial charge in [0.1, 0.15) is 6.04 Å². The number of nitriles is 1. The Labute approximate surface area is 206 Å². The van der Waals surface area contributed by atoms with Gasteiger partial charge in [-0.05, 0) is 48.7 Å². The fourth-order valence-corrected chi connectivity index (χ4v) is 4.58. The van der Waals surface area contributed by atoms with E-state index in [1.165, 1.54) is 41.7 Å². The van der Waals surface area contributed by atoms with Crippen LogP contribution in [-0.2, 0) is 21.9 Å².